The highest BCUT2D eigenvalue weighted by molar-refractivity contribution is 7.80. The maximum absolute atomic E-state index is 5.20. The Morgan fingerprint density at radius 1 is 1.58 bits per heavy atom. The van der Waals surface area contributed by atoms with Crippen molar-refractivity contribution in [2.24, 2.45) is 5.73 Å². The van der Waals surface area contributed by atoms with Gasteiger partial charge in [-0.2, -0.15) is 0 Å². The predicted molar refractivity (Wildman–Crippen MR) is 60.2 cm³/mol. The van der Waals surface area contributed by atoms with Crippen molar-refractivity contribution in [2.75, 3.05) is 6.54 Å². The van der Waals surface area contributed by atoms with Crippen LogP contribution in [-0.2, 0) is 0 Å². The van der Waals surface area contributed by atoms with Crippen LogP contribution in [0.4, 0.5) is 0 Å². The summed E-state index contributed by atoms with van der Waals surface area (Å²) in [5, 5.41) is 3.30. The number of hydrogen-bond donors (Lipinski definition) is 2. The highest BCUT2D eigenvalue weighted by Crippen LogP contribution is 1.90. The van der Waals surface area contributed by atoms with Crippen molar-refractivity contribution < 1.29 is 0 Å². The Morgan fingerprint density at radius 2 is 2.08 bits per heavy atom. The summed E-state index contributed by atoms with van der Waals surface area (Å²) < 4.78 is 0. The highest BCUT2D eigenvalue weighted by Gasteiger charge is 1.85. The van der Waals surface area contributed by atoms with Gasteiger partial charge in [-0.15, -0.1) is 6.58 Å². The minimum absolute atomic E-state index is 0.408. The summed E-state index contributed by atoms with van der Waals surface area (Å²) in [5.41, 5.74) is 5.20. The molecule has 0 heterocycles. The summed E-state index contributed by atoms with van der Waals surface area (Å²) in [4.78, 5) is 0. The standard InChI is InChI=1S/C6H14N2S.C3H6/c1-2-3-4-5-8-6(7)9;1-3-2/h2-5H2,1H3,(H3,7,8,9);3H,1H2,2H3. The first-order valence-electron chi connectivity index (χ1n) is 4.29. The molecule has 72 valence electrons. The topological polar surface area (TPSA) is 38.0 Å². The second-order valence-electron chi connectivity index (χ2n) is 2.41. The number of unbranched alkanes of at least 4 members (excludes halogenated alkanes) is 2. The van der Waals surface area contributed by atoms with Gasteiger partial charge in [-0.1, -0.05) is 25.8 Å². The van der Waals surface area contributed by atoms with Crippen LogP contribution < -0.4 is 11.1 Å². The minimum Gasteiger partial charge on any atom is -0.376 e. The zero-order valence-corrected chi connectivity index (χ0v) is 8.91. The van der Waals surface area contributed by atoms with Gasteiger partial charge in [-0.05, 0) is 25.6 Å². The van der Waals surface area contributed by atoms with Crippen LogP contribution in [0.3, 0.4) is 0 Å². The van der Waals surface area contributed by atoms with Gasteiger partial charge in [0.05, 0.1) is 0 Å². The first-order chi connectivity index (χ1) is 5.68. The fourth-order valence-electron chi connectivity index (χ4n) is 0.587. The number of allylic oxidation sites excluding steroid dienone is 1. The molecule has 0 spiro atoms. The third-order valence-electron chi connectivity index (χ3n) is 1.08. The maximum Gasteiger partial charge on any atom is 0.163 e. The van der Waals surface area contributed by atoms with E-state index >= 15 is 0 Å². The first-order valence-corrected chi connectivity index (χ1v) is 4.70. The van der Waals surface area contributed by atoms with E-state index in [1.165, 1.54) is 12.8 Å². The van der Waals surface area contributed by atoms with Gasteiger partial charge in [0, 0.05) is 6.54 Å². The molecule has 0 bridgehead atoms. The first kappa shape index (κ1) is 14.0. The largest absolute Gasteiger partial charge is 0.376 e. The molecule has 2 nitrogen and oxygen atoms in total. The van der Waals surface area contributed by atoms with Gasteiger partial charge in [0.25, 0.3) is 0 Å². The van der Waals surface area contributed by atoms with Gasteiger partial charge in [-0.3, -0.25) is 0 Å². The summed E-state index contributed by atoms with van der Waals surface area (Å²) in [6.45, 7) is 8.34. The molecule has 0 aromatic carbocycles. The quantitative estimate of drug-likeness (QED) is 0.403. The average molecular weight is 188 g/mol. The molecule has 0 aromatic heterocycles. The summed E-state index contributed by atoms with van der Waals surface area (Å²) in [6, 6.07) is 0. The molecular weight excluding hydrogens is 168 g/mol. The molecule has 0 aromatic rings. The van der Waals surface area contributed by atoms with Crippen molar-refractivity contribution in [3.05, 3.63) is 12.7 Å². The van der Waals surface area contributed by atoms with Crippen molar-refractivity contribution in [3.63, 3.8) is 0 Å². The molecule has 12 heavy (non-hydrogen) atoms. The minimum atomic E-state index is 0.408. The van der Waals surface area contributed by atoms with Crippen LogP contribution in [0.1, 0.15) is 33.1 Å². The van der Waals surface area contributed by atoms with Crippen molar-refractivity contribution in [2.45, 2.75) is 33.1 Å². The molecule has 0 saturated heterocycles. The monoisotopic (exact) mass is 188 g/mol. The molecule has 0 radical (unpaired) electrons. The number of thiocarbonyl (C=S) groups is 1. The summed E-state index contributed by atoms with van der Waals surface area (Å²) in [7, 11) is 0. The Kier molecular flexibility index (Phi) is 15.2. The van der Waals surface area contributed by atoms with Crippen LogP contribution in [0.15, 0.2) is 12.7 Å². The zero-order valence-electron chi connectivity index (χ0n) is 8.10. The van der Waals surface area contributed by atoms with E-state index in [0.29, 0.717) is 5.11 Å². The van der Waals surface area contributed by atoms with Crippen molar-refractivity contribution in [3.8, 4) is 0 Å². The lowest BCUT2D eigenvalue weighted by atomic mass is 10.2. The predicted octanol–water partition coefficient (Wildman–Crippen LogP) is 2.20. The molecule has 0 aliphatic carbocycles. The lowest BCUT2D eigenvalue weighted by molar-refractivity contribution is 0.696. The van der Waals surface area contributed by atoms with E-state index in [-0.39, 0.29) is 0 Å². The third kappa shape index (κ3) is 22.7. The van der Waals surface area contributed by atoms with E-state index in [0.717, 1.165) is 13.0 Å². The van der Waals surface area contributed by atoms with Gasteiger partial charge < -0.3 is 11.1 Å². The molecule has 0 unspecified atom stereocenters. The normalized spacial score (nSPS) is 7.83. The Labute approximate surface area is 81.2 Å². The third-order valence-corrected chi connectivity index (χ3v) is 1.22. The lowest BCUT2D eigenvalue weighted by Crippen LogP contribution is -2.29. The van der Waals surface area contributed by atoms with E-state index in [2.05, 4.69) is 31.0 Å². The molecular formula is C9H20N2S. The Bertz CT molecular complexity index is 113. The van der Waals surface area contributed by atoms with E-state index in [1.54, 1.807) is 6.08 Å². The van der Waals surface area contributed by atoms with Crippen molar-refractivity contribution in [1.82, 2.24) is 5.32 Å². The van der Waals surface area contributed by atoms with Crippen molar-refractivity contribution >= 4 is 17.3 Å². The van der Waals surface area contributed by atoms with Crippen LogP contribution >= 0.6 is 12.2 Å². The molecule has 3 heteroatoms. The van der Waals surface area contributed by atoms with Gasteiger partial charge in [-0.25, -0.2) is 0 Å². The fraction of sp³-hybridized carbons (Fsp3) is 0.667. The Morgan fingerprint density at radius 3 is 2.42 bits per heavy atom. The molecule has 0 fully saturated rings. The second-order valence-corrected chi connectivity index (χ2v) is 2.85. The number of rotatable bonds is 4. The molecule has 0 aliphatic heterocycles. The van der Waals surface area contributed by atoms with Gasteiger partial charge in [0.15, 0.2) is 5.11 Å². The molecule has 0 saturated carbocycles. The summed E-state index contributed by atoms with van der Waals surface area (Å²) >= 11 is 4.61. The van der Waals surface area contributed by atoms with E-state index in [4.69, 9.17) is 5.73 Å². The fourth-order valence-corrected chi connectivity index (χ4v) is 0.689. The smallest absolute Gasteiger partial charge is 0.163 e. The number of nitrogens with two attached hydrogens (primary N) is 1. The van der Waals surface area contributed by atoms with Crippen LogP contribution in [-0.4, -0.2) is 11.7 Å². The Hall–Kier alpha value is -0.570. The molecule has 0 rings (SSSR count). The molecule has 3 N–H and O–H groups in total. The zero-order chi connectivity index (χ0) is 9.82. The van der Waals surface area contributed by atoms with Crippen LogP contribution in [0.2, 0.25) is 0 Å². The van der Waals surface area contributed by atoms with E-state index < -0.39 is 0 Å². The highest BCUT2D eigenvalue weighted by atomic mass is 32.1. The number of nitrogens with one attached hydrogen (secondary N) is 1. The number of hydrogen-bond acceptors (Lipinski definition) is 1. The van der Waals surface area contributed by atoms with Crippen LogP contribution in [0.5, 0.6) is 0 Å². The average Bonchev–Trinajstić information content (AvgIpc) is 1.99. The molecule has 0 amide bonds. The van der Waals surface area contributed by atoms with Crippen molar-refractivity contribution in [1.29, 1.82) is 0 Å². The SMILES string of the molecule is C=CC.CCCCCNC(N)=S. The van der Waals surface area contributed by atoms with Crippen LogP contribution in [0, 0.1) is 0 Å². The second kappa shape index (κ2) is 13.1. The lowest BCUT2D eigenvalue weighted by Gasteiger charge is -2.00. The van der Waals surface area contributed by atoms with Crippen LogP contribution in [0.25, 0.3) is 0 Å². The maximum atomic E-state index is 5.20. The molecule has 0 atom stereocenters. The van der Waals surface area contributed by atoms with E-state index in [1.807, 2.05) is 6.92 Å². The van der Waals surface area contributed by atoms with E-state index in [9.17, 15) is 0 Å². The van der Waals surface area contributed by atoms with Gasteiger partial charge in [0.1, 0.15) is 0 Å². The molecule has 0 aliphatic rings. The Balaban J connectivity index is 0. The van der Waals surface area contributed by atoms with Gasteiger partial charge >= 0.3 is 0 Å². The van der Waals surface area contributed by atoms with Gasteiger partial charge in [0.2, 0.25) is 0 Å². The summed E-state index contributed by atoms with van der Waals surface area (Å²) in [6.07, 6.45) is 5.39. The summed E-state index contributed by atoms with van der Waals surface area (Å²) in [5.74, 6) is 0.